The Kier molecular flexibility index (Phi) is 5.59. The van der Waals surface area contributed by atoms with Crippen molar-refractivity contribution in [1.82, 2.24) is 4.90 Å². The summed E-state index contributed by atoms with van der Waals surface area (Å²) in [6, 6.07) is 8.64. The summed E-state index contributed by atoms with van der Waals surface area (Å²) in [6.07, 6.45) is -1.59. The van der Waals surface area contributed by atoms with Gasteiger partial charge in [0.25, 0.3) is 0 Å². The Labute approximate surface area is 112 Å². The van der Waals surface area contributed by atoms with Crippen LogP contribution >= 0.6 is 11.6 Å². The van der Waals surface area contributed by atoms with E-state index in [4.69, 9.17) is 11.6 Å². The second-order valence-electron chi connectivity index (χ2n) is 4.22. The van der Waals surface area contributed by atoms with Crippen molar-refractivity contribution in [3.05, 3.63) is 35.9 Å². The quantitative estimate of drug-likeness (QED) is 0.628. The second kappa shape index (κ2) is 6.73. The summed E-state index contributed by atoms with van der Waals surface area (Å²) in [7, 11) is 0. The summed E-state index contributed by atoms with van der Waals surface area (Å²) < 4.78 is 0. The van der Waals surface area contributed by atoms with Crippen molar-refractivity contribution in [2.45, 2.75) is 38.1 Å². The molecule has 5 heteroatoms. The normalized spacial score (nSPS) is 14.3. The van der Waals surface area contributed by atoms with Crippen molar-refractivity contribution in [2.75, 3.05) is 0 Å². The average Bonchev–Trinajstić information content (AvgIpc) is 2.35. The number of rotatable bonds is 5. The number of hydrogen-bond donors (Lipinski definition) is 2. The third-order valence-electron chi connectivity index (χ3n) is 2.74. The van der Waals surface area contributed by atoms with Crippen molar-refractivity contribution >= 4 is 17.5 Å². The van der Waals surface area contributed by atoms with Gasteiger partial charge in [-0.3, -0.25) is 4.79 Å². The van der Waals surface area contributed by atoms with Crippen LogP contribution in [0.25, 0.3) is 0 Å². The van der Waals surface area contributed by atoms with Gasteiger partial charge in [0, 0.05) is 6.54 Å². The molecule has 0 spiro atoms. The molecule has 1 aromatic rings. The fourth-order valence-corrected chi connectivity index (χ4v) is 1.72. The van der Waals surface area contributed by atoms with Crippen LogP contribution in [-0.2, 0) is 11.3 Å². The molecule has 1 amide bonds. The minimum Gasteiger partial charge on any atom is -0.366 e. The molecule has 1 rings (SSSR count). The van der Waals surface area contributed by atoms with Crippen LogP contribution < -0.4 is 0 Å². The molecule has 0 aliphatic carbocycles. The summed E-state index contributed by atoms with van der Waals surface area (Å²) in [6.45, 7) is 3.44. The van der Waals surface area contributed by atoms with Crippen molar-refractivity contribution < 1.29 is 15.0 Å². The summed E-state index contributed by atoms with van der Waals surface area (Å²) in [4.78, 5) is 13.3. The molecular formula is C13H18ClNO3. The lowest BCUT2D eigenvalue weighted by molar-refractivity contribution is -0.146. The SMILES string of the molecule is CC(Cl)C(=O)N(Cc1ccccc1)[C@H](C)C(O)O. The number of nitrogens with zero attached hydrogens (tertiary/aromatic N) is 1. The highest BCUT2D eigenvalue weighted by Crippen LogP contribution is 2.14. The van der Waals surface area contributed by atoms with E-state index in [0.717, 1.165) is 5.56 Å². The highest BCUT2D eigenvalue weighted by molar-refractivity contribution is 6.30. The van der Waals surface area contributed by atoms with E-state index in [9.17, 15) is 15.0 Å². The van der Waals surface area contributed by atoms with Crippen molar-refractivity contribution in [1.29, 1.82) is 0 Å². The molecule has 0 saturated carbocycles. The summed E-state index contributed by atoms with van der Waals surface area (Å²) >= 11 is 5.78. The fourth-order valence-electron chi connectivity index (χ4n) is 1.59. The van der Waals surface area contributed by atoms with E-state index in [-0.39, 0.29) is 5.91 Å². The van der Waals surface area contributed by atoms with Crippen molar-refractivity contribution in [2.24, 2.45) is 0 Å². The molecular weight excluding hydrogens is 254 g/mol. The van der Waals surface area contributed by atoms with E-state index in [1.807, 2.05) is 30.3 Å². The zero-order valence-corrected chi connectivity index (χ0v) is 11.2. The van der Waals surface area contributed by atoms with Gasteiger partial charge < -0.3 is 15.1 Å². The molecule has 2 atom stereocenters. The van der Waals surface area contributed by atoms with E-state index < -0.39 is 17.7 Å². The number of alkyl halides is 1. The van der Waals surface area contributed by atoms with Crippen LogP contribution in [0.4, 0.5) is 0 Å². The molecule has 0 bridgehead atoms. The lowest BCUT2D eigenvalue weighted by Crippen LogP contribution is -2.47. The molecule has 0 aromatic heterocycles. The van der Waals surface area contributed by atoms with E-state index >= 15 is 0 Å². The van der Waals surface area contributed by atoms with Gasteiger partial charge in [-0.1, -0.05) is 30.3 Å². The van der Waals surface area contributed by atoms with Gasteiger partial charge >= 0.3 is 0 Å². The molecule has 100 valence electrons. The lowest BCUT2D eigenvalue weighted by atomic mass is 10.1. The van der Waals surface area contributed by atoms with Gasteiger partial charge in [0.15, 0.2) is 6.29 Å². The fraction of sp³-hybridized carbons (Fsp3) is 0.462. The highest BCUT2D eigenvalue weighted by Gasteiger charge is 2.27. The number of amides is 1. The monoisotopic (exact) mass is 271 g/mol. The maximum absolute atomic E-state index is 12.0. The Morgan fingerprint density at radius 1 is 1.28 bits per heavy atom. The van der Waals surface area contributed by atoms with Crippen LogP contribution in [-0.4, -0.2) is 38.7 Å². The third kappa shape index (κ3) is 3.98. The molecule has 0 saturated heterocycles. The molecule has 0 radical (unpaired) electrons. The number of hydrogen-bond acceptors (Lipinski definition) is 3. The number of halogens is 1. The van der Waals surface area contributed by atoms with Gasteiger partial charge in [-0.05, 0) is 19.4 Å². The number of carbonyl (C=O) groups excluding carboxylic acids is 1. The predicted molar refractivity (Wildman–Crippen MR) is 70.0 cm³/mol. The second-order valence-corrected chi connectivity index (χ2v) is 4.88. The lowest BCUT2D eigenvalue weighted by Gasteiger charge is -2.31. The first-order valence-corrected chi connectivity index (χ1v) is 6.21. The van der Waals surface area contributed by atoms with Gasteiger partial charge in [-0.2, -0.15) is 0 Å². The number of carbonyl (C=O) groups is 1. The number of benzene rings is 1. The molecule has 18 heavy (non-hydrogen) atoms. The zero-order valence-electron chi connectivity index (χ0n) is 10.5. The molecule has 0 fully saturated rings. The minimum absolute atomic E-state index is 0.301. The first kappa shape index (κ1) is 15.0. The van der Waals surface area contributed by atoms with Crippen LogP contribution in [0.15, 0.2) is 30.3 Å². The van der Waals surface area contributed by atoms with Gasteiger partial charge in [0.1, 0.15) is 5.38 Å². The van der Waals surface area contributed by atoms with Crippen LogP contribution in [0.3, 0.4) is 0 Å². The number of aliphatic hydroxyl groups is 2. The number of aliphatic hydroxyl groups excluding tert-OH is 1. The van der Waals surface area contributed by atoms with Gasteiger partial charge in [0.2, 0.25) is 5.91 Å². The first-order chi connectivity index (χ1) is 8.43. The van der Waals surface area contributed by atoms with Gasteiger partial charge in [-0.25, -0.2) is 0 Å². The smallest absolute Gasteiger partial charge is 0.241 e. The Balaban J connectivity index is 2.88. The van der Waals surface area contributed by atoms with Crippen LogP contribution in [0, 0.1) is 0 Å². The van der Waals surface area contributed by atoms with Crippen LogP contribution in [0.2, 0.25) is 0 Å². The van der Waals surface area contributed by atoms with Crippen LogP contribution in [0.1, 0.15) is 19.4 Å². The molecule has 4 nitrogen and oxygen atoms in total. The Hall–Kier alpha value is -1.10. The van der Waals surface area contributed by atoms with Gasteiger partial charge in [0.05, 0.1) is 6.04 Å². The van der Waals surface area contributed by atoms with E-state index in [0.29, 0.717) is 6.54 Å². The minimum atomic E-state index is -1.59. The summed E-state index contributed by atoms with van der Waals surface area (Å²) in [5, 5.41) is 17.7. The Morgan fingerprint density at radius 2 is 1.83 bits per heavy atom. The largest absolute Gasteiger partial charge is 0.366 e. The predicted octanol–water partition coefficient (Wildman–Crippen LogP) is 1.34. The Morgan fingerprint density at radius 3 is 2.28 bits per heavy atom. The first-order valence-electron chi connectivity index (χ1n) is 5.78. The standard InChI is InChI=1S/C13H18ClNO3/c1-9(14)12(16)15(10(2)13(17)18)8-11-6-4-3-5-7-11/h3-7,9-10,13,17-18H,8H2,1-2H3/t9?,10-/m1/s1. The molecule has 1 aromatic carbocycles. The zero-order chi connectivity index (χ0) is 13.7. The maximum atomic E-state index is 12.0. The van der Waals surface area contributed by atoms with Gasteiger partial charge in [-0.15, -0.1) is 11.6 Å². The maximum Gasteiger partial charge on any atom is 0.241 e. The third-order valence-corrected chi connectivity index (χ3v) is 2.93. The topological polar surface area (TPSA) is 60.8 Å². The summed E-state index contributed by atoms with van der Waals surface area (Å²) in [5.41, 5.74) is 0.913. The molecule has 0 heterocycles. The molecule has 0 aliphatic heterocycles. The van der Waals surface area contributed by atoms with Crippen molar-refractivity contribution in [3.63, 3.8) is 0 Å². The van der Waals surface area contributed by atoms with E-state index in [2.05, 4.69) is 0 Å². The van der Waals surface area contributed by atoms with Crippen LogP contribution in [0.5, 0.6) is 0 Å². The highest BCUT2D eigenvalue weighted by atomic mass is 35.5. The van der Waals surface area contributed by atoms with E-state index in [1.165, 1.54) is 4.90 Å². The average molecular weight is 272 g/mol. The molecule has 0 aliphatic rings. The molecule has 1 unspecified atom stereocenters. The van der Waals surface area contributed by atoms with Crippen molar-refractivity contribution in [3.8, 4) is 0 Å². The summed E-state index contributed by atoms with van der Waals surface area (Å²) in [5.74, 6) is -0.318. The molecule has 2 N–H and O–H groups in total. The van der Waals surface area contributed by atoms with E-state index in [1.54, 1.807) is 13.8 Å². The Bertz CT molecular complexity index is 381.